The highest BCUT2D eigenvalue weighted by molar-refractivity contribution is 7.71. The largest absolute Gasteiger partial charge is 0.462 e. The highest BCUT2D eigenvalue weighted by Gasteiger charge is 2.22. The van der Waals surface area contributed by atoms with E-state index in [0.717, 1.165) is 0 Å². The Balaban J connectivity index is 2.85. The number of carbonyl (C=O) groups is 1. The zero-order valence-electron chi connectivity index (χ0n) is 12.1. The van der Waals surface area contributed by atoms with Crippen LogP contribution in [-0.4, -0.2) is 17.6 Å². The Morgan fingerprint density at radius 3 is 2.73 bits per heavy atom. The molecule has 0 amide bonds. The molecule has 0 saturated carbocycles. The zero-order valence-corrected chi connectivity index (χ0v) is 12.9. The van der Waals surface area contributed by atoms with E-state index in [1.807, 2.05) is 6.07 Å². The van der Waals surface area contributed by atoms with Gasteiger partial charge in [-0.1, -0.05) is 24.4 Å². The van der Waals surface area contributed by atoms with E-state index >= 15 is 0 Å². The van der Waals surface area contributed by atoms with Gasteiger partial charge < -0.3 is 9.72 Å². The molecule has 6 heteroatoms. The minimum Gasteiger partial charge on any atom is -0.462 e. The number of rotatable bonds is 3. The zero-order chi connectivity index (χ0) is 16.3. The fraction of sp³-hybridized carbons (Fsp3) is 0.188. The molecule has 0 aliphatic heterocycles. The van der Waals surface area contributed by atoms with Crippen molar-refractivity contribution in [3.8, 4) is 17.3 Å². The Hall–Kier alpha value is -2.52. The normalized spacial score (nSPS) is 10.1. The van der Waals surface area contributed by atoms with Crippen LogP contribution in [-0.2, 0) is 4.74 Å². The summed E-state index contributed by atoms with van der Waals surface area (Å²) in [6, 6.07) is 7.98. The monoisotopic (exact) mass is 316 g/mol. The van der Waals surface area contributed by atoms with Gasteiger partial charge in [0, 0.05) is 11.3 Å². The molecular weight excluding hydrogens is 303 g/mol. The number of nitriles is 1. The third-order valence-electron chi connectivity index (χ3n) is 3.13. The molecule has 1 aromatic heterocycles. The number of halogens is 1. The first-order valence-corrected chi connectivity index (χ1v) is 7.01. The van der Waals surface area contributed by atoms with Gasteiger partial charge in [-0.15, -0.1) is 0 Å². The molecule has 112 valence electrons. The van der Waals surface area contributed by atoms with Crippen LogP contribution in [0.15, 0.2) is 24.3 Å². The number of hydrogen-bond acceptors (Lipinski definition) is 4. The van der Waals surface area contributed by atoms with Crippen molar-refractivity contribution < 1.29 is 13.9 Å². The number of aromatic nitrogens is 1. The quantitative estimate of drug-likeness (QED) is 0.689. The summed E-state index contributed by atoms with van der Waals surface area (Å²) in [5, 5.41) is 9.19. The molecule has 2 aromatic rings. The van der Waals surface area contributed by atoms with Crippen LogP contribution in [0.25, 0.3) is 11.3 Å². The first-order chi connectivity index (χ1) is 10.5. The van der Waals surface area contributed by atoms with Gasteiger partial charge in [0.05, 0.1) is 22.4 Å². The van der Waals surface area contributed by atoms with Gasteiger partial charge in [0.25, 0.3) is 0 Å². The molecule has 0 spiro atoms. The van der Waals surface area contributed by atoms with Crippen molar-refractivity contribution >= 4 is 18.2 Å². The molecule has 0 fully saturated rings. The molecule has 0 aliphatic carbocycles. The molecular formula is C16H13FN2O2S. The smallest absolute Gasteiger partial charge is 0.341 e. The SMILES string of the molecule is CCOC(=O)c1c(-c2ccccc2F)[nH]c(C)c(C#N)c1=S. The molecule has 1 heterocycles. The average Bonchev–Trinajstić information content (AvgIpc) is 2.47. The Kier molecular flexibility index (Phi) is 4.68. The van der Waals surface area contributed by atoms with Gasteiger partial charge in [-0.05, 0) is 26.0 Å². The number of benzene rings is 1. The fourth-order valence-corrected chi connectivity index (χ4v) is 2.50. The lowest BCUT2D eigenvalue weighted by Gasteiger charge is -2.13. The summed E-state index contributed by atoms with van der Waals surface area (Å²) in [6.45, 7) is 3.46. The maximum atomic E-state index is 14.1. The number of esters is 1. The average molecular weight is 316 g/mol. The summed E-state index contributed by atoms with van der Waals surface area (Å²) in [5.41, 5.74) is 1.07. The van der Waals surface area contributed by atoms with Crippen LogP contribution in [0.1, 0.15) is 28.5 Å². The number of H-pyrrole nitrogens is 1. The summed E-state index contributed by atoms with van der Waals surface area (Å²) in [6.07, 6.45) is 0. The van der Waals surface area contributed by atoms with Crippen LogP contribution in [0, 0.1) is 28.6 Å². The molecule has 0 radical (unpaired) electrons. The summed E-state index contributed by atoms with van der Waals surface area (Å²) in [5.74, 6) is -1.18. The predicted octanol–water partition coefficient (Wildman–Crippen LogP) is 3.91. The summed E-state index contributed by atoms with van der Waals surface area (Å²) >= 11 is 5.23. The Labute approximate surface area is 132 Å². The van der Waals surface area contributed by atoms with E-state index in [9.17, 15) is 14.4 Å². The fourth-order valence-electron chi connectivity index (χ4n) is 2.12. The van der Waals surface area contributed by atoms with Crippen molar-refractivity contribution in [2.24, 2.45) is 0 Å². The molecule has 4 nitrogen and oxygen atoms in total. The van der Waals surface area contributed by atoms with Crippen molar-refractivity contribution in [1.82, 2.24) is 4.98 Å². The first-order valence-electron chi connectivity index (χ1n) is 6.60. The van der Waals surface area contributed by atoms with E-state index < -0.39 is 11.8 Å². The lowest BCUT2D eigenvalue weighted by atomic mass is 10.0. The van der Waals surface area contributed by atoms with Gasteiger partial charge in [0.2, 0.25) is 0 Å². The second-order valence-electron chi connectivity index (χ2n) is 4.52. The summed E-state index contributed by atoms with van der Waals surface area (Å²) in [4.78, 5) is 15.1. The van der Waals surface area contributed by atoms with Gasteiger partial charge in [0.1, 0.15) is 17.4 Å². The second kappa shape index (κ2) is 6.50. The standard InChI is InChI=1S/C16H13FN2O2S/c1-3-21-16(20)13-14(10-6-4-5-7-12(10)17)19-9(2)11(8-18)15(13)22/h4-7H,3H2,1-2H3,(H,19,22). The van der Waals surface area contributed by atoms with E-state index in [2.05, 4.69) is 4.98 Å². The minimum absolute atomic E-state index is 0.00380. The number of pyridine rings is 1. The van der Waals surface area contributed by atoms with Crippen molar-refractivity contribution in [2.45, 2.75) is 13.8 Å². The highest BCUT2D eigenvalue weighted by Crippen LogP contribution is 2.28. The van der Waals surface area contributed by atoms with Crippen molar-refractivity contribution in [2.75, 3.05) is 6.61 Å². The number of nitrogens with one attached hydrogen (secondary N) is 1. The van der Waals surface area contributed by atoms with E-state index in [4.69, 9.17) is 17.0 Å². The number of hydrogen-bond donors (Lipinski definition) is 1. The number of carbonyl (C=O) groups excluding carboxylic acids is 1. The Morgan fingerprint density at radius 2 is 2.14 bits per heavy atom. The molecule has 0 unspecified atom stereocenters. The van der Waals surface area contributed by atoms with Crippen LogP contribution in [0.5, 0.6) is 0 Å². The van der Waals surface area contributed by atoms with Gasteiger partial charge in [0.15, 0.2) is 0 Å². The predicted molar refractivity (Wildman–Crippen MR) is 82.4 cm³/mol. The first kappa shape index (κ1) is 15.9. The summed E-state index contributed by atoms with van der Waals surface area (Å²) < 4.78 is 19.1. The molecule has 1 aromatic carbocycles. The van der Waals surface area contributed by atoms with Crippen molar-refractivity contribution in [1.29, 1.82) is 5.26 Å². The van der Waals surface area contributed by atoms with Crippen LogP contribution in [0.3, 0.4) is 0 Å². The molecule has 22 heavy (non-hydrogen) atoms. The second-order valence-corrected chi connectivity index (χ2v) is 4.92. The lowest BCUT2D eigenvalue weighted by Crippen LogP contribution is -2.11. The van der Waals surface area contributed by atoms with E-state index in [0.29, 0.717) is 5.69 Å². The van der Waals surface area contributed by atoms with E-state index in [1.165, 1.54) is 12.1 Å². The van der Waals surface area contributed by atoms with Gasteiger partial charge in [-0.2, -0.15) is 5.26 Å². The van der Waals surface area contributed by atoms with Gasteiger partial charge >= 0.3 is 5.97 Å². The third-order valence-corrected chi connectivity index (χ3v) is 3.53. The topological polar surface area (TPSA) is 65.9 Å². The number of ether oxygens (including phenoxy) is 1. The van der Waals surface area contributed by atoms with Crippen molar-refractivity contribution in [3.05, 3.63) is 51.4 Å². The molecule has 0 atom stereocenters. The molecule has 2 rings (SSSR count). The van der Waals surface area contributed by atoms with Crippen LogP contribution >= 0.6 is 12.2 Å². The Morgan fingerprint density at radius 1 is 1.45 bits per heavy atom. The van der Waals surface area contributed by atoms with Crippen LogP contribution < -0.4 is 0 Å². The number of aryl methyl sites for hydroxylation is 1. The van der Waals surface area contributed by atoms with E-state index in [-0.39, 0.29) is 33.5 Å². The molecule has 0 aliphatic rings. The number of aromatic amines is 1. The molecule has 0 bridgehead atoms. The third kappa shape index (κ3) is 2.76. The number of nitrogens with zero attached hydrogens (tertiary/aromatic N) is 1. The highest BCUT2D eigenvalue weighted by atomic mass is 32.1. The minimum atomic E-state index is -0.682. The Bertz CT molecular complexity index is 837. The maximum Gasteiger partial charge on any atom is 0.341 e. The molecule has 1 N–H and O–H groups in total. The summed E-state index contributed by atoms with van der Waals surface area (Å²) in [7, 11) is 0. The van der Waals surface area contributed by atoms with E-state index in [1.54, 1.807) is 26.0 Å². The molecule has 0 saturated heterocycles. The van der Waals surface area contributed by atoms with Gasteiger partial charge in [-0.25, -0.2) is 9.18 Å². The van der Waals surface area contributed by atoms with Gasteiger partial charge in [-0.3, -0.25) is 0 Å². The van der Waals surface area contributed by atoms with Crippen LogP contribution in [0.4, 0.5) is 4.39 Å². The van der Waals surface area contributed by atoms with Crippen LogP contribution in [0.2, 0.25) is 0 Å². The lowest BCUT2D eigenvalue weighted by molar-refractivity contribution is 0.0526. The van der Waals surface area contributed by atoms with Crippen molar-refractivity contribution in [3.63, 3.8) is 0 Å². The maximum absolute atomic E-state index is 14.1.